The van der Waals surface area contributed by atoms with E-state index >= 15 is 0 Å². The normalized spacial score (nSPS) is 18.8. The predicted octanol–water partition coefficient (Wildman–Crippen LogP) is 1.79. The Morgan fingerprint density at radius 1 is 1.33 bits per heavy atom. The highest BCUT2D eigenvalue weighted by molar-refractivity contribution is 5.79. The summed E-state index contributed by atoms with van der Waals surface area (Å²) in [6, 6.07) is 8.10. The van der Waals surface area contributed by atoms with Crippen LogP contribution in [0, 0.1) is 0 Å². The van der Waals surface area contributed by atoms with E-state index in [0.717, 1.165) is 12.0 Å². The standard InChI is InChI=1S/C17H25NO3/c1-2-3-4-14-5-7-15(8-6-14)11-17(20)18-9-10-21-13-16(18)12-19/h5-8,16,19H,2-4,9-13H2,1H3. The molecule has 0 aromatic heterocycles. The molecule has 0 spiro atoms. The van der Waals surface area contributed by atoms with Crippen LogP contribution >= 0.6 is 0 Å². The minimum absolute atomic E-state index is 0.0400. The molecule has 1 amide bonds. The van der Waals surface area contributed by atoms with E-state index in [2.05, 4.69) is 19.1 Å². The molecule has 0 aliphatic carbocycles. The SMILES string of the molecule is CCCCc1ccc(CC(=O)N2CCOCC2CO)cc1. The van der Waals surface area contributed by atoms with Gasteiger partial charge in [-0.05, 0) is 24.0 Å². The number of rotatable bonds is 6. The first-order valence-corrected chi connectivity index (χ1v) is 7.80. The van der Waals surface area contributed by atoms with Gasteiger partial charge in [-0.1, -0.05) is 37.6 Å². The molecule has 0 bridgehead atoms. The van der Waals surface area contributed by atoms with Crippen molar-refractivity contribution >= 4 is 5.91 Å². The van der Waals surface area contributed by atoms with Gasteiger partial charge >= 0.3 is 0 Å². The Morgan fingerprint density at radius 3 is 2.71 bits per heavy atom. The summed E-state index contributed by atoms with van der Waals surface area (Å²) in [6.45, 7) is 3.70. The maximum absolute atomic E-state index is 12.4. The Labute approximate surface area is 126 Å². The number of hydrogen-bond acceptors (Lipinski definition) is 3. The van der Waals surface area contributed by atoms with Crippen LogP contribution in [-0.4, -0.2) is 48.3 Å². The third kappa shape index (κ3) is 4.55. The van der Waals surface area contributed by atoms with Crippen LogP contribution in [0.3, 0.4) is 0 Å². The average Bonchev–Trinajstić information content (AvgIpc) is 2.54. The molecule has 1 fully saturated rings. The minimum atomic E-state index is -0.199. The first-order valence-electron chi connectivity index (χ1n) is 7.80. The molecule has 1 saturated heterocycles. The molecule has 1 heterocycles. The summed E-state index contributed by atoms with van der Waals surface area (Å²) in [6.07, 6.45) is 3.88. The fraction of sp³-hybridized carbons (Fsp3) is 0.588. The number of amides is 1. The first kappa shape index (κ1) is 16.0. The van der Waals surface area contributed by atoms with Gasteiger partial charge in [0.25, 0.3) is 0 Å². The van der Waals surface area contributed by atoms with Gasteiger partial charge in [0.05, 0.1) is 32.3 Å². The van der Waals surface area contributed by atoms with Crippen molar-refractivity contribution in [3.05, 3.63) is 35.4 Å². The molecule has 1 unspecified atom stereocenters. The number of aliphatic hydroxyl groups is 1. The lowest BCUT2D eigenvalue weighted by Gasteiger charge is -2.34. The summed E-state index contributed by atoms with van der Waals surface area (Å²) >= 11 is 0. The molecule has 1 aliphatic heterocycles. The first-order chi connectivity index (χ1) is 10.2. The van der Waals surface area contributed by atoms with Gasteiger partial charge in [-0.25, -0.2) is 0 Å². The van der Waals surface area contributed by atoms with Gasteiger partial charge in [-0.2, -0.15) is 0 Å². The molecule has 1 aliphatic rings. The predicted molar refractivity (Wildman–Crippen MR) is 82.2 cm³/mol. The lowest BCUT2D eigenvalue weighted by atomic mass is 10.0. The van der Waals surface area contributed by atoms with E-state index in [0.29, 0.717) is 26.2 Å². The van der Waals surface area contributed by atoms with Crippen molar-refractivity contribution < 1.29 is 14.6 Å². The molecular formula is C17H25NO3. The zero-order valence-corrected chi connectivity index (χ0v) is 12.8. The third-order valence-electron chi connectivity index (χ3n) is 3.96. The molecular weight excluding hydrogens is 266 g/mol. The van der Waals surface area contributed by atoms with Crippen molar-refractivity contribution in [3.8, 4) is 0 Å². The average molecular weight is 291 g/mol. The van der Waals surface area contributed by atoms with Gasteiger partial charge in [0.15, 0.2) is 0 Å². The smallest absolute Gasteiger partial charge is 0.227 e. The molecule has 1 aromatic rings. The highest BCUT2D eigenvalue weighted by Gasteiger charge is 2.26. The molecule has 1 N–H and O–H groups in total. The second-order valence-corrected chi connectivity index (χ2v) is 5.60. The van der Waals surface area contributed by atoms with Gasteiger partial charge in [0.2, 0.25) is 5.91 Å². The van der Waals surface area contributed by atoms with E-state index in [1.807, 2.05) is 12.1 Å². The number of ether oxygens (including phenoxy) is 1. The Hall–Kier alpha value is -1.39. The van der Waals surface area contributed by atoms with Crippen molar-refractivity contribution in [2.24, 2.45) is 0 Å². The molecule has 0 radical (unpaired) electrons. The Bertz CT molecular complexity index is 444. The fourth-order valence-corrected chi connectivity index (χ4v) is 2.62. The highest BCUT2D eigenvalue weighted by atomic mass is 16.5. The molecule has 4 heteroatoms. The van der Waals surface area contributed by atoms with Gasteiger partial charge < -0.3 is 14.7 Å². The van der Waals surface area contributed by atoms with Crippen molar-refractivity contribution in [3.63, 3.8) is 0 Å². The lowest BCUT2D eigenvalue weighted by molar-refractivity contribution is -0.140. The topological polar surface area (TPSA) is 49.8 Å². The fourth-order valence-electron chi connectivity index (χ4n) is 2.62. The maximum Gasteiger partial charge on any atom is 0.227 e. The number of morpholine rings is 1. The van der Waals surface area contributed by atoms with E-state index in [1.165, 1.54) is 18.4 Å². The number of aliphatic hydroxyl groups excluding tert-OH is 1. The Balaban J connectivity index is 1.92. The number of nitrogens with zero attached hydrogens (tertiary/aromatic N) is 1. The molecule has 1 aromatic carbocycles. The van der Waals surface area contributed by atoms with Gasteiger partial charge in [-0.15, -0.1) is 0 Å². The Kier molecular flexibility index (Phi) is 6.21. The van der Waals surface area contributed by atoms with Crippen LogP contribution < -0.4 is 0 Å². The van der Waals surface area contributed by atoms with Crippen LogP contribution in [-0.2, 0) is 22.4 Å². The summed E-state index contributed by atoms with van der Waals surface area (Å²) in [5.74, 6) is 0.0682. The number of aryl methyl sites for hydroxylation is 1. The highest BCUT2D eigenvalue weighted by Crippen LogP contribution is 2.12. The van der Waals surface area contributed by atoms with Crippen molar-refractivity contribution in [1.82, 2.24) is 4.90 Å². The lowest BCUT2D eigenvalue weighted by Crippen LogP contribution is -2.51. The Morgan fingerprint density at radius 2 is 2.05 bits per heavy atom. The third-order valence-corrected chi connectivity index (χ3v) is 3.96. The summed E-state index contributed by atoms with van der Waals surface area (Å²) in [4.78, 5) is 14.1. The molecule has 0 saturated carbocycles. The van der Waals surface area contributed by atoms with Crippen LogP contribution in [0.4, 0.5) is 0 Å². The van der Waals surface area contributed by atoms with E-state index in [-0.39, 0.29) is 18.6 Å². The summed E-state index contributed by atoms with van der Waals surface area (Å²) in [7, 11) is 0. The van der Waals surface area contributed by atoms with Gasteiger partial charge in [0.1, 0.15) is 0 Å². The summed E-state index contributed by atoms with van der Waals surface area (Å²) < 4.78 is 5.30. The summed E-state index contributed by atoms with van der Waals surface area (Å²) in [5, 5.41) is 9.32. The molecule has 1 atom stereocenters. The van der Waals surface area contributed by atoms with Crippen LogP contribution in [0.5, 0.6) is 0 Å². The van der Waals surface area contributed by atoms with Crippen molar-refractivity contribution in [2.75, 3.05) is 26.4 Å². The number of benzene rings is 1. The molecule has 21 heavy (non-hydrogen) atoms. The summed E-state index contributed by atoms with van der Waals surface area (Å²) in [5.41, 5.74) is 2.36. The van der Waals surface area contributed by atoms with E-state index in [4.69, 9.17) is 4.74 Å². The van der Waals surface area contributed by atoms with Crippen LogP contribution in [0.25, 0.3) is 0 Å². The monoisotopic (exact) mass is 291 g/mol. The van der Waals surface area contributed by atoms with Gasteiger partial charge in [0, 0.05) is 6.54 Å². The van der Waals surface area contributed by atoms with Crippen LogP contribution in [0.1, 0.15) is 30.9 Å². The maximum atomic E-state index is 12.4. The van der Waals surface area contributed by atoms with Crippen LogP contribution in [0.2, 0.25) is 0 Å². The van der Waals surface area contributed by atoms with Crippen molar-refractivity contribution in [1.29, 1.82) is 0 Å². The van der Waals surface area contributed by atoms with Gasteiger partial charge in [-0.3, -0.25) is 4.79 Å². The molecule has 116 valence electrons. The van der Waals surface area contributed by atoms with E-state index < -0.39 is 0 Å². The molecule has 4 nitrogen and oxygen atoms in total. The van der Waals surface area contributed by atoms with E-state index in [1.54, 1.807) is 4.90 Å². The zero-order valence-electron chi connectivity index (χ0n) is 12.8. The number of carbonyl (C=O) groups excluding carboxylic acids is 1. The van der Waals surface area contributed by atoms with E-state index in [9.17, 15) is 9.90 Å². The van der Waals surface area contributed by atoms with Crippen molar-refractivity contribution in [2.45, 2.75) is 38.6 Å². The minimum Gasteiger partial charge on any atom is -0.394 e. The number of unbranched alkanes of at least 4 members (excludes halogenated alkanes) is 1. The number of hydrogen-bond donors (Lipinski definition) is 1. The second kappa shape index (κ2) is 8.15. The zero-order chi connectivity index (χ0) is 15.1. The molecule has 2 rings (SSSR count). The largest absolute Gasteiger partial charge is 0.394 e. The second-order valence-electron chi connectivity index (χ2n) is 5.60. The number of carbonyl (C=O) groups is 1. The quantitative estimate of drug-likeness (QED) is 0.869. The van der Waals surface area contributed by atoms with Crippen LogP contribution in [0.15, 0.2) is 24.3 Å².